The first-order chi connectivity index (χ1) is 13.7. The number of rotatable bonds is 6. The summed E-state index contributed by atoms with van der Waals surface area (Å²) in [5.74, 6) is -0.340. The van der Waals surface area contributed by atoms with Gasteiger partial charge in [-0.05, 0) is 59.8 Å². The quantitative estimate of drug-likeness (QED) is 0.508. The molecule has 2 aromatic carbocycles. The Bertz CT molecular complexity index is 1110. The van der Waals surface area contributed by atoms with Gasteiger partial charge in [-0.2, -0.15) is 0 Å². The van der Waals surface area contributed by atoms with Crippen LogP contribution in [-0.2, 0) is 19.6 Å². The van der Waals surface area contributed by atoms with Crippen molar-refractivity contribution in [2.24, 2.45) is 5.14 Å². The number of nitrogens with one attached hydrogen (secondary N) is 3. The van der Waals surface area contributed by atoms with Crippen LogP contribution in [0.1, 0.15) is 5.56 Å². The summed E-state index contributed by atoms with van der Waals surface area (Å²) in [6.45, 7) is -0.267. The summed E-state index contributed by atoms with van der Waals surface area (Å²) in [6, 6.07) is 12.2. The van der Waals surface area contributed by atoms with Gasteiger partial charge >= 0.3 is 0 Å². The minimum Gasteiger partial charge on any atom is -0.484 e. The number of ether oxygens (including phenoxy) is 1. The Morgan fingerprint density at radius 3 is 2.59 bits per heavy atom. The van der Waals surface area contributed by atoms with Crippen molar-refractivity contribution in [2.45, 2.75) is 4.90 Å². The van der Waals surface area contributed by atoms with Crippen LogP contribution in [0.4, 0.5) is 5.69 Å². The molecule has 1 aliphatic rings. The maximum absolute atomic E-state index is 12.0. The maximum atomic E-state index is 12.0. The van der Waals surface area contributed by atoms with Crippen LogP contribution in [0.25, 0.3) is 6.08 Å². The van der Waals surface area contributed by atoms with Crippen molar-refractivity contribution >= 4 is 50.5 Å². The first-order valence-corrected chi connectivity index (χ1v) is 10.5. The van der Waals surface area contributed by atoms with Gasteiger partial charge in [0.15, 0.2) is 11.8 Å². The van der Waals surface area contributed by atoms with Crippen molar-refractivity contribution in [3.63, 3.8) is 0 Å². The molecule has 9 nitrogen and oxygen atoms in total. The van der Waals surface area contributed by atoms with Gasteiger partial charge in [0.1, 0.15) is 5.75 Å². The molecule has 2 amide bonds. The van der Waals surface area contributed by atoms with E-state index in [1.165, 1.54) is 24.3 Å². The third-order valence-corrected chi connectivity index (χ3v) is 5.41. The van der Waals surface area contributed by atoms with Crippen LogP contribution < -0.4 is 20.5 Å². The number of thioether (sulfide) groups is 1. The van der Waals surface area contributed by atoms with E-state index >= 15 is 0 Å². The highest BCUT2D eigenvalue weighted by Crippen LogP contribution is 2.26. The highest BCUT2D eigenvalue weighted by molar-refractivity contribution is 8.18. The molecule has 1 heterocycles. The first kappa shape index (κ1) is 20.6. The molecule has 0 saturated carbocycles. The average Bonchev–Trinajstić information content (AvgIpc) is 2.97. The van der Waals surface area contributed by atoms with Gasteiger partial charge in [-0.15, -0.1) is 0 Å². The summed E-state index contributed by atoms with van der Waals surface area (Å²) in [5.41, 5.74) is 1.09. The number of benzene rings is 2. The zero-order valence-electron chi connectivity index (χ0n) is 14.8. The van der Waals surface area contributed by atoms with E-state index in [9.17, 15) is 18.0 Å². The number of hydrogen-bond donors (Lipinski definition) is 4. The Balaban J connectivity index is 1.58. The zero-order chi connectivity index (χ0) is 21.0. The van der Waals surface area contributed by atoms with E-state index in [-0.39, 0.29) is 22.6 Å². The summed E-state index contributed by atoms with van der Waals surface area (Å²) in [5, 5.41) is 17.5. The Morgan fingerprint density at radius 2 is 1.97 bits per heavy atom. The van der Waals surface area contributed by atoms with E-state index in [2.05, 4.69) is 10.6 Å². The standard InChI is InChI=1S/C18H16N4O5S2/c19-18-22-17(24)15(28-18)9-11-2-1-3-13(8-11)27-10-16(23)21-12-4-6-14(7-5-12)29(20,25)26/h1-9H,10H2,(H,21,23)(H2,19,22,24)(H2,20,25,26)/b15-9-. The number of anilines is 1. The monoisotopic (exact) mass is 432 g/mol. The van der Waals surface area contributed by atoms with E-state index in [0.717, 1.165) is 11.8 Å². The van der Waals surface area contributed by atoms with Gasteiger partial charge in [-0.1, -0.05) is 12.1 Å². The number of hydrogen-bond acceptors (Lipinski definition) is 7. The van der Waals surface area contributed by atoms with Crippen LogP contribution >= 0.6 is 11.8 Å². The van der Waals surface area contributed by atoms with Gasteiger partial charge in [0.25, 0.3) is 11.8 Å². The van der Waals surface area contributed by atoms with Gasteiger partial charge in [0, 0.05) is 5.69 Å². The summed E-state index contributed by atoms with van der Waals surface area (Å²) in [4.78, 5) is 24.1. The normalized spacial score (nSPS) is 15.3. The number of carbonyl (C=O) groups excluding carboxylic acids is 2. The van der Waals surface area contributed by atoms with E-state index in [1.54, 1.807) is 30.3 Å². The molecule has 1 fully saturated rings. The molecule has 0 atom stereocenters. The molecule has 0 spiro atoms. The van der Waals surface area contributed by atoms with E-state index < -0.39 is 15.9 Å². The lowest BCUT2D eigenvalue weighted by atomic mass is 10.2. The Hall–Kier alpha value is -3.15. The van der Waals surface area contributed by atoms with Crippen LogP contribution in [0.3, 0.4) is 0 Å². The highest BCUT2D eigenvalue weighted by atomic mass is 32.2. The summed E-state index contributed by atoms with van der Waals surface area (Å²) in [7, 11) is -3.79. The van der Waals surface area contributed by atoms with E-state index in [4.69, 9.17) is 15.3 Å². The number of primary sulfonamides is 1. The zero-order valence-corrected chi connectivity index (χ0v) is 16.5. The molecule has 2 aromatic rings. The summed E-state index contributed by atoms with van der Waals surface area (Å²) >= 11 is 1.03. The van der Waals surface area contributed by atoms with Crippen molar-refractivity contribution in [2.75, 3.05) is 11.9 Å². The fraction of sp³-hybridized carbons (Fsp3) is 0.0556. The fourth-order valence-corrected chi connectivity index (χ4v) is 3.58. The molecule has 11 heteroatoms. The molecule has 150 valence electrons. The molecule has 0 aromatic heterocycles. The number of amides is 2. The lowest BCUT2D eigenvalue weighted by Gasteiger charge is -2.08. The second-order valence-corrected chi connectivity index (χ2v) is 8.49. The highest BCUT2D eigenvalue weighted by Gasteiger charge is 2.22. The molecule has 0 aliphatic carbocycles. The van der Waals surface area contributed by atoms with Crippen molar-refractivity contribution in [1.29, 1.82) is 5.41 Å². The lowest BCUT2D eigenvalue weighted by Crippen LogP contribution is -2.20. The molecule has 1 aliphatic heterocycles. The molecule has 0 radical (unpaired) electrons. The first-order valence-electron chi connectivity index (χ1n) is 8.16. The number of carbonyl (C=O) groups is 2. The molecule has 3 rings (SSSR count). The molecule has 0 unspecified atom stereocenters. The lowest BCUT2D eigenvalue weighted by molar-refractivity contribution is -0.118. The van der Waals surface area contributed by atoms with Gasteiger partial charge in [-0.25, -0.2) is 13.6 Å². The van der Waals surface area contributed by atoms with Gasteiger partial charge in [-0.3, -0.25) is 15.0 Å². The second-order valence-electron chi connectivity index (χ2n) is 5.87. The smallest absolute Gasteiger partial charge is 0.264 e. The van der Waals surface area contributed by atoms with Gasteiger partial charge in [0.2, 0.25) is 10.0 Å². The third kappa shape index (κ3) is 5.67. The van der Waals surface area contributed by atoms with Crippen molar-refractivity contribution in [3.05, 3.63) is 59.0 Å². The predicted octanol–water partition coefficient (Wildman–Crippen LogP) is 1.49. The van der Waals surface area contributed by atoms with Gasteiger partial charge in [0.05, 0.1) is 9.80 Å². The minimum absolute atomic E-state index is 0.0538. The van der Waals surface area contributed by atoms with Crippen molar-refractivity contribution in [1.82, 2.24) is 5.32 Å². The second kappa shape index (κ2) is 8.47. The molecular formula is C18H16N4O5S2. The molecule has 0 bridgehead atoms. The van der Waals surface area contributed by atoms with E-state index in [1.807, 2.05) is 0 Å². The predicted molar refractivity (Wildman–Crippen MR) is 110 cm³/mol. The summed E-state index contributed by atoms with van der Waals surface area (Å²) in [6.07, 6.45) is 1.63. The number of amidine groups is 1. The van der Waals surface area contributed by atoms with Crippen molar-refractivity contribution in [3.8, 4) is 5.75 Å². The average molecular weight is 432 g/mol. The van der Waals surface area contributed by atoms with Crippen molar-refractivity contribution < 1.29 is 22.7 Å². The largest absolute Gasteiger partial charge is 0.484 e. The van der Waals surface area contributed by atoms with Crippen LogP contribution in [0.2, 0.25) is 0 Å². The van der Waals surface area contributed by atoms with Gasteiger partial charge < -0.3 is 15.4 Å². The fourth-order valence-electron chi connectivity index (χ4n) is 2.36. The third-order valence-electron chi connectivity index (χ3n) is 3.66. The van der Waals surface area contributed by atoms with Crippen LogP contribution in [0, 0.1) is 5.41 Å². The minimum atomic E-state index is -3.79. The topological polar surface area (TPSA) is 151 Å². The Morgan fingerprint density at radius 1 is 1.24 bits per heavy atom. The molecule has 5 N–H and O–H groups in total. The molecule has 29 heavy (non-hydrogen) atoms. The van der Waals surface area contributed by atoms with Crippen LogP contribution in [0.5, 0.6) is 5.75 Å². The van der Waals surface area contributed by atoms with E-state index in [0.29, 0.717) is 21.9 Å². The number of sulfonamides is 1. The number of nitrogens with two attached hydrogens (primary N) is 1. The Kier molecular flexibility index (Phi) is 6.01. The van der Waals surface area contributed by atoms with Crippen LogP contribution in [-0.4, -0.2) is 32.0 Å². The summed E-state index contributed by atoms with van der Waals surface area (Å²) < 4.78 is 27.9. The van der Waals surface area contributed by atoms with Crippen LogP contribution in [0.15, 0.2) is 58.3 Å². The Labute approximate surface area is 170 Å². The molecular weight excluding hydrogens is 416 g/mol. The molecule has 1 saturated heterocycles. The maximum Gasteiger partial charge on any atom is 0.264 e. The SMILES string of the molecule is N=C1NC(=O)/C(=C/c2cccc(OCC(=O)Nc3ccc(S(N)(=O)=O)cc3)c2)S1.